The highest BCUT2D eigenvalue weighted by Gasteiger charge is 2.39. The van der Waals surface area contributed by atoms with E-state index in [1.54, 1.807) is 17.2 Å². The topological polar surface area (TPSA) is 56.0 Å². The normalized spacial score (nSPS) is 13.8. The highest BCUT2D eigenvalue weighted by Crippen LogP contribution is 2.40. The molecule has 1 aliphatic rings. The van der Waals surface area contributed by atoms with Crippen molar-refractivity contribution in [2.75, 3.05) is 6.54 Å². The zero-order valence-electron chi connectivity index (χ0n) is 21.0. The number of hydrogen-bond donors (Lipinski definition) is 0. The van der Waals surface area contributed by atoms with Crippen LogP contribution in [0.1, 0.15) is 51.1 Å². The first kappa shape index (κ1) is 24.8. The largest absolute Gasteiger partial charge is 0.435 e. The van der Waals surface area contributed by atoms with Gasteiger partial charge < -0.3 is 9.47 Å². The highest BCUT2D eigenvalue weighted by molar-refractivity contribution is 5.99. The fraction of sp³-hybridized carbons (Fsp3) is 0.321. The molecular weight excluding hydrogens is 479 g/mol. The molecule has 5 rings (SSSR count). The predicted octanol–water partition coefficient (Wildman–Crippen LogP) is 5.42. The standard InChI is InChI=1S/C28H28F3N5O/c1-4-19-6-5-7-20(12-19)15-36-10-8-22-23(25-17-34(3)33-26(25)28(29,30)31)13-21(14-24(22)27(36)37)16-35-11-9-32-18(35)2/h5-7,9,11-14,17H,4,8,10,15-16H2,1-3H3. The van der Waals surface area contributed by atoms with Gasteiger partial charge in [0.2, 0.25) is 0 Å². The van der Waals surface area contributed by atoms with Gasteiger partial charge in [-0.1, -0.05) is 31.2 Å². The summed E-state index contributed by atoms with van der Waals surface area (Å²) in [5, 5.41) is 3.71. The van der Waals surface area contributed by atoms with Crippen molar-refractivity contribution in [2.24, 2.45) is 7.05 Å². The van der Waals surface area contributed by atoms with Crippen LogP contribution in [-0.2, 0) is 39.2 Å². The van der Waals surface area contributed by atoms with Crippen molar-refractivity contribution in [1.82, 2.24) is 24.2 Å². The van der Waals surface area contributed by atoms with E-state index in [1.807, 2.05) is 35.9 Å². The van der Waals surface area contributed by atoms with E-state index >= 15 is 0 Å². The fourth-order valence-corrected chi connectivity index (χ4v) is 5.02. The number of benzene rings is 2. The minimum atomic E-state index is -4.62. The maximum atomic E-state index is 13.9. The van der Waals surface area contributed by atoms with Gasteiger partial charge in [-0.05, 0) is 59.7 Å². The van der Waals surface area contributed by atoms with E-state index in [1.165, 1.54) is 23.5 Å². The number of amides is 1. The molecule has 0 bridgehead atoms. The van der Waals surface area contributed by atoms with Crippen LogP contribution in [0.25, 0.3) is 11.1 Å². The molecule has 0 spiro atoms. The van der Waals surface area contributed by atoms with Crippen molar-refractivity contribution >= 4 is 5.91 Å². The first-order valence-electron chi connectivity index (χ1n) is 12.3. The zero-order valence-corrected chi connectivity index (χ0v) is 21.0. The van der Waals surface area contributed by atoms with Crippen molar-refractivity contribution in [3.05, 3.63) is 94.3 Å². The first-order chi connectivity index (χ1) is 17.6. The van der Waals surface area contributed by atoms with Crippen LogP contribution in [0.15, 0.2) is 55.0 Å². The second-order valence-electron chi connectivity index (χ2n) is 9.48. The average molecular weight is 508 g/mol. The Hall–Kier alpha value is -3.88. The number of carbonyl (C=O) groups excluding carboxylic acids is 1. The summed E-state index contributed by atoms with van der Waals surface area (Å²) in [5.74, 6) is 0.603. The molecule has 0 saturated carbocycles. The van der Waals surface area contributed by atoms with E-state index in [0.717, 1.165) is 23.4 Å². The van der Waals surface area contributed by atoms with Crippen LogP contribution in [0.4, 0.5) is 13.2 Å². The molecule has 0 N–H and O–H groups in total. The van der Waals surface area contributed by atoms with Gasteiger partial charge >= 0.3 is 6.18 Å². The van der Waals surface area contributed by atoms with Crippen LogP contribution in [0.5, 0.6) is 0 Å². The van der Waals surface area contributed by atoms with Crippen molar-refractivity contribution in [3.63, 3.8) is 0 Å². The minimum Gasteiger partial charge on any atom is -0.334 e. The van der Waals surface area contributed by atoms with Gasteiger partial charge in [0.25, 0.3) is 5.91 Å². The highest BCUT2D eigenvalue weighted by atomic mass is 19.4. The molecule has 0 aliphatic carbocycles. The molecule has 0 atom stereocenters. The second kappa shape index (κ2) is 9.53. The number of aryl methyl sites for hydroxylation is 3. The summed E-state index contributed by atoms with van der Waals surface area (Å²) < 4.78 is 44.8. The Kier molecular flexibility index (Phi) is 6.39. The molecule has 37 heavy (non-hydrogen) atoms. The molecule has 0 unspecified atom stereocenters. The summed E-state index contributed by atoms with van der Waals surface area (Å²) in [6.07, 6.45) is 1.62. The van der Waals surface area contributed by atoms with Gasteiger partial charge in [0, 0.05) is 56.4 Å². The van der Waals surface area contributed by atoms with Crippen LogP contribution in [0.2, 0.25) is 0 Å². The second-order valence-corrected chi connectivity index (χ2v) is 9.48. The summed E-state index contributed by atoms with van der Waals surface area (Å²) in [6.45, 7) is 5.21. The maximum absolute atomic E-state index is 13.9. The summed E-state index contributed by atoms with van der Waals surface area (Å²) in [4.78, 5) is 19.8. The summed E-state index contributed by atoms with van der Waals surface area (Å²) >= 11 is 0. The number of alkyl halides is 3. The van der Waals surface area contributed by atoms with Crippen molar-refractivity contribution in [3.8, 4) is 11.1 Å². The molecule has 192 valence electrons. The smallest absolute Gasteiger partial charge is 0.334 e. The van der Waals surface area contributed by atoms with E-state index in [-0.39, 0.29) is 11.5 Å². The Bertz CT molecular complexity index is 1470. The molecule has 2 aromatic heterocycles. The van der Waals surface area contributed by atoms with E-state index in [0.29, 0.717) is 42.7 Å². The molecule has 2 aromatic carbocycles. The van der Waals surface area contributed by atoms with Crippen LogP contribution < -0.4 is 0 Å². The summed E-state index contributed by atoms with van der Waals surface area (Å²) in [5.41, 5.74) is 3.49. The van der Waals surface area contributed by atoms with Crippen LogP contribution in [0.3, 0.4) is 0 Å². The Labute approximate surface area is 213 Å². The first-order valence-corrected chi connectivity index (χ1v) is 12.3. The van der Waals surface area contributed by atoms with Gasteiger partial charge in [-0.25, -0.2) is 4.98 Å². The quantitative estimate of drug-likeness (QED) is 0.350. The average Bonchev–Trinajstić information content (AvgIpc) is 3.46. The van der Waals surface area contributed by atoms with Crippen LogP contribution >= 0.6 is 0 Å². The minimum absolute atomic E-state index is 0.00708. The number of imidazole rings is 1. The number of carbonyl (C=O) groups is 1. The number of fused-ring (bicyclic) bond motifs is 1. The SMILES string of the molecule is CCc1cccc(CN2CCc3c(cc(Cn4ccnc4C)cc3-c3cn(C)nc3C(F)(F)F)C2=O)c1. The molecule has 0 saturated heterocycles. The van der Waals surface area contributed by atoms with E-state index < -0.39 is 11.9 Å². The van der Waals surface area contributed by atoms with E-state index in [2.05, 4.69) is 29.1 Å². The summed E-state index contributed by atoms with van der Waals surface area (Å²) in [6, 6.07) is 11.7. The number of rotatable bonds is 6. The Morgan fingerprint density at radius 3 is 2.46 bits per heavy atom. The molecule has 0 fully saturated rings. The van der Waals surface area contributed by atoms with Crippen LogP contribution in [0, 0.1) is 6.92 Å². The molecular formula is C28H28F3N5O. The number of nitrogens with zero attached hydrogens (tertiary/aromatic N) is 5. The Morgan fingerprint density at radius 2 is 1.76 bits per heavy atom. The number of aromatic nitrogens is 4. The molecule has 6 nitrogen and oxygen atoms in total. The molecule has 1 aliphatic heterocycles. The van der Waals surface area contributed by atoms with Gasteiger partial charge in [-0.3, -0.25) is 9.48 Å². The van der Waals surface area contributed by atoms with Crippen molar-refractivity contribution in [2.45, 2.75) is 46.0 Å². The van der Waals surface area contributed by atoms with Crippen LogP contribution in [-0.4, -0.2) is 36.7 Å². The molecule has 9 heteroatoms. The van der Waals surface area contributed by atoms with Gasteiger partial charge in [-0.2, -0.15) is 18.3 Å². The van der Waals surface area contributed by atoms with Gasteiger partial charge in [0.1, 0.15) is 5.82 Å². The number of hydrogen-bond acceptors (Lipinski definition) is 3. The fourth-order valence-electron chi connectivity index (χ4n) is 5.02. The van der Waals surface area contributed by atoms with E-state index in [4.69, 9.17) is 0 Å². The Morgan fingerprint density at radius 1 is 1.00 bits per heavy atom. The predicted molar refractivity (Wildman–Crippen MR) is 134 cm³/mol. The lowest BCUT2D eigenvalue weighted by Gasteiger charge is -2.31. The lowest BCUT2D eigenvalue weighted by Crippen LogP contribution is -2.37. The lowest BCUT2D eigenvalue weighted by atomic mass is 9.88. The van der Waals surface area contributed by atoms with Gasteiger partial charge in [0.15, 0.2) is 5.69 Å². The monoisotopic (exact) mass is 507 g/mol. The van der Waals surface area contributed by atoms with Crippen molar-refractivity contribution in [1.29, 1.82) is 0 Å². The molecule has 3 heterocycles. The summed E-state index contributed by atoms with van der Waals surface area (Å²) in [7, 11) is 1.47. The third kappa shape index (κ3) is 4.90. The van der Waals surface area contributed by atoms with E-state index in [9.17, 15) is 18.0 Å². The third-order valence-corrected chi connectivity index (χ3v) is 6.90. The lowest BCUT2D eigenvalue weighted by molar-refractivity contribution is -0.140. The van der Waals surface area contributed by atoms with Gasteiger partial charge in [0.05, 0.1) is 0 Å². The number of halogens is 3. The maximum Gasteiger partial charge on any atom is 0.435 e. The molecule has 0 radical (unpaired) electrons. The van der Waals surface area contributed by atoms with Crippen molar-refractivity contribution < 1.29 is 18.0 Å². The zero-order chi connectivity index (χ0) is 26.3. The molecule has 4 aromatic rings. The Balaban J connectivity index is 1.60. The molecule has 1 amide bonds. The third-order valence-electron chi connectivity index (χ3n) is 6.90. The van der Waals surface area contributed by atoms with Gasteiger partial charge in [-0.15, -0.1) is 0 Å².